The summed E-state index contributed by atoms with van der Waals surface area (Å²) in [6.07, 6.45) is 3.76. The Kier molecular flexibility index (Phi) is 4.13. The van der Waals surface area contributed by atoms with Crippen molar-refractivity contribution < 1.29 is 19.5 Å². The SMILES string of the molecule is COc1cc2ncc3ccn(-c4ccc(C(=O)NO)cc4)c3c2cc1OC. The molecule has 7 heteroatoms. The molecule has 2 aromatic carbocycles. The predicted octanol–water partition coefficient (Wildman–Crippen LogP) is 3.31. The van der Waals surface area contributed by atoms with Gasteiger partial charge in [0.15, 0.2) is 11.5 Å². The van der Waals surface area contributed by atoms with Gasteiger partial charge in [-0.05, 0) is 36.4 Å². The topological polar surface area (TPSA) is 85.6 Å². The molecule has 27 heavy (non-hydrogen) atoms. The van der Waals surface area contributed by atoms with E-state index in [2.05, 4.69) is 4.98 Å². The van der Waals surface area contributed by atoms with E-state index in [1.807, 2.05) is 47.3 Å². The van der Waals surface area contributed by atoms with Crippen LogP contribution in [0.2, 0.25) is 0 Å². The van der Waals surface area contributed by atoms with Gasteiger partial charge in [-0.15, -0.1) is 0 Å². The van der Waals surface area contributed by atoms with E-state index < -0.39 is 5.91 Å². The summed E-state index contributed by atoms with van der Waals surface area (Å²) in [5.41, 5.74) is 4.64. The number of aromatic nitrogens is 2. The highest BCUT2D eigenvalue weighted by Gasteiger charge is 2.13. The Morgan fingerprint density at radius 2 is 1.78 bits per heavy atom. The standard InChI is InChI=1S/C20H17N3O4/c1-26-17-9-15-16(10-18(17)27-2)21-11-13-7-8-23(19(13)15)14-5-3-12(4-6-14)20(24)22-25/h3-11,25H,1-2H3,(H,22,24). The van der Waals surface area contributed by atoms with Crippen LogP contribution >= 0.6 is 0 Å². The van der Waals surface area contributed by atoms with Gasteiger partial charge < -0.3 is 14.0 Å². The van der Waals surface area contributed by atoms with E-state index in [0.717, 1.165) is 27.5 Å². The molecule has 4 aromatic rings. The number of rotatable bonds is 4. The molecular weight excluding hydrogens is 346 g/mol. The zero-order chi connectivity index (χ0) is 19.0. The van der Waals surface area contributed by atoms with Crippen LogP contribution in [0.4, 0.5) is 0 Å². The summed E-state index contributed by atoms with van der Waals surface area (Å²) in [4.78, 5) is 16.0. The molecule has 1 amide bonds. The van der Waals surface area contributed by atoms with Crippen molar-refractivity contribution in [1.82, 2.24) is 15.0 Å². The van der Waals surface area contributed by atoms with Gasteiger partial charge >= 0.3 is 0 Å². The van der Waals surface area contributed by atoms with Crippen molar-refractivity contribution in [3.63, 3.8) is 0 Å². The number of carbonyl (C=O) groups excluding carboxylic acids is 1. The Bertz CT molecular complexity index is 1150. The first-order valence-corrected chi connectivity index (χ1v) is 8.23. The van der Waals surface area contributed by atoms with Gasteiger partial charge in [-0.2, -0.15) is 0 Å². The van der Waals surface area contributed by atoms with Gasteiger partial charge in [-0.1, -0.05) is 0 Å². The van der Waals surface area contributed by atoms with Crippen LogP contribution in [-0.4, -0.2) is 34.9 Å². The Labute approximate surface area is 154 Å². The van der Waals surface area contributed by atoms with Crippen LogP contribution in [-0.2, 0) is 0 Å². The minimum Gasteiger partial charge on any atom is -0.493 e. The number of hydroxylamine groups is 1. The number of pyridine rings is 1. The molecule has 0 radical (unpaired) electrons. The summed E-state index contributed by atoms with van der Waals surface area (Å²) in [7, 11) is 3.19. The number of amides is 1. The van der Waals surface area contributed by atoms with Crippen LogP contribution in [0.25, 0.3) is 27.5 Å². The van der Waals surface area contributed by atoms with Gasteiger partial charge in [-0.3, -0.25) is 15.0 Å². The Hall–Kier alpha value is -3.58. The molecule has 0 unspecified atom stereocenters. The van der Waals surface area contributed by atoms with Gasteiger partial charge in [-0.25, -0.2) is 5.48 Å². The van der Waals surface area contributed by atoms with E-state index in [1.54, 1.807) is 31.8 Å². The highest BCUT2D eigenvalue weighted by molar-refractivity contribution is 6.05. The molecule has 0 spiro atoms. The smallest absolute Gasteiger partial charge is 0.274 e. The minimum atomic E-state index is -0.551. The quantitative estimate of drug-likeness (QED) is 0.429. The van der Waals surface area contributed by atoms with Crippen LogP contribution in [0.3, 0.4) is 0 Å². The fourth-order valence-corrected chi connectivity index (χ4v) is 3.19. The molecule has 7 nitrogen and oxygen atoms in total. The molecule has 0 saturated heterocycles. The van der Waals surface area contributed by atoms with Crippen LogP contribution in [0.15, 0.2) is 54.9 Å². The zero-order valence-electron chi connectivity index (χ0n) is 14.8. The maximum Gasteiger partial charge on any atom is 0.274 e. The van der Waals surface area contributed by atoms with E-state index in [0.29, 0.717) is 17.1 Å². The molecule has 0 aliphatic heterocycles. The minimum absolute atomic E-state index is 0.371. The molecule has 4 rings (SSSR count). The lowest BCUT2D eigenvalue weighted by molar-refractivity contribution is 0.0706. The molecule has 2 aromatic heterocycles. The average molecular weight is 363 g/mol. The third kappa shape index (κ3) is 2.74. The molecule has 2 heterocycles. The molecule has 0 atom stereocenters. The predicted molar refractivity (Wildman–Crippen MR) is 101 cm³/mol. The third-order valence-electron chi connectivity index (χ3n) is 4.53. The summed E-state index contributed by atoms with van der Waals surface area (Å²) >= 11 is 0. The molecule has 0 fully saturated rings. The van der Waals surface area contributed by atoms with Crippen molar-refractivity contribution in [2.75, 3.05) is 14.2 Å². The lowest BCUT2D eigenvalue weighted by atomic mass is 10.1. The molecule has 2 N–H and O–H groups in total. The molecular formula is C20H17N3O4. The highest BCUT2D eigenvalue weighted by Crippen LogP contribution is 2.35. The van der Waals surface area contributed by atoms with Gasteiger partial charge in [0.25, 0.3) is 5.91 Å². The molecule has 0 saturated carbocycles. The van der Waals surface area contributed by atoms with Crippen molar-refractivity contribution in [2.24, 2.45) is 0 Å². The number of hydrogen-bond acceptors (Lipinski definition) is 5. The van der Waals surface area contributed by atoms with E-state index in [9.17, 15) is 4.79 Å². The first-order valence-electron chi connectivity index (χ1n) is 8.23. The maximum atomic E-state index is 11.5. The third-order valence-corrected chi connectivity index (χ3v) is 4.53. The fraction of sp³-hybridized carbons (Fsp3) is 0.100. The zero-order valence-corrected chi connectivity index (χ0v) is 14.8. The second-order valence-corrected chi connectivity index (χ2v) is 5.96. The maximum absolute atomic E-state index is 11.5. The number of ether oxygens (including phenoxy) is 2. The van der Waals surface area contributed by atoms with Gasteiger partial charge in [0.2, 0.25) is 0 Å². The summed E-state index contributed by atoms with van der Waals surface area (Å²) in [5.74, 6) is 0.696. The number of methoxy groups -OCH3 is 2. The largest absolute Gasteiger partial charge is 0.493 e. The van der Waals surface area contributed by atoms with Gasteiger partial charge in [0, 0.05) is 40.5 Å². The number of carbonyl (C=O) groups is 1. The summed E-state index contributed by atoms with van der Waals surface area (Å²) in [6, 6.07) is 12.7. The van der Waals surface area contributed by atoms with Crippen LogP contribution in [0, 0.1) is 0 Å². The average Bonchev–Trinajstić information content (AvgIpc) is 3.16. The van der Waals surface area contributed by atoms with E-state index in [1.165, 1.54) is 0 Å². The Morgan fingerprint density at radius 3 is 2.44 bits per heavy atom. The van der Waals surface area contributed by atoms with Gasteiger partial charge in [0.05, 0.1) is 25.3 Å². The lowest BCUT2D eigenvalue weighted by Crippen LogP contribution is -2.18. The lowest BCUT2D eigenvalue weighted by Gasteiger charge is -2.12. The van der Waals surface area contributed by atoms with Crippen molar-refractivity contribution in [3.8, 4) is 17.2 Å². The highest BCUT2D eigenvalue weighted by atomic mass is 16.5. The molecule has 136 valence electrons. The van der Waals surface area contributed by atoms with Crippen molar-refractivity contribution in [1.29, 1.82) is 0 Å². The fourth-order valence-electron chi connectivity index (χ4n) is 3.19. The van der Waals surface area contributed by atoms with Crippen LogP contribution in [0.1, 0.15) is 10.4 Å². The number of nitrogens with zero attached hydrogens (tertiary/aromatic N) is 2. The second kappa shape index (κ2) is 6.62. The molecule has 0 aliphatic rings. The Morgan fingerprint density at radius 1 is 1.07 bits per heavy atom. The van der Waals surface area contributed by atoms with Crippen molar-refractivity contribution >= 4 is 27.7 Å². The second-order valence-electron chi connectivity index (χ2n) is 5.96. The van der Waals surface area contributed by atoms with Crippen molar-refractivity contribution in [2.45, 2.75) is 0 Å². The first kappa shape index (κ1) is 16.9. The molecule has 0 aliphatic carbocycles. The van der Waals surface area contributed by atoms with E-state index in [4.69, 9.17) is 14.7 Å². The number of hydrogen-bond donors (Lipinski definition) is 2. The summed E-state index contributed by atoms with van der Waals surface area (Å²) in [6.45, 7) is 0. The Balaban J connectivity index is 1.93. The number of nitrogens with one attached hydrogen (secondary N) is 1. The molecule has 0 bridgehead atoms. The van der Waals surface area contributed by atoms with E-state index >= 15 is 0 Å². The van der Waals surface area contributed by atoms with Crippen LogP contribution in [0.5, 0.6) is 11.5 Å². The first-order chi connectivity index (χ1) is 13.2. The van der Waals surface area contributed by atoms with Crippen LogP contribution < -0.4 is 15.0 Å². The monoisotopic (exact) mass is 363 g/mol. The van der Waals surface area contributed by atoms with E-state index in [-0.39, 0.29) is 0 Å². The number of fused-ring (bicyclic) bond motifs is 3. The van der Waals surface area contributed by atoms with Gasteiger partial charge in [0.1, 0.15) is 0 Å². The summed E-state index contributed by atoms with van der Waals surface area (Å²) in [5, 5.41) is 10.7. The summed E-state index contributed by atoms with van der Waals surface area (Å²) < 4.78 is 12.8. The number of benzene rings is 2. The van der Waals surface area contributed by atoms with Crippen molar-refractivity contribution in [3.05, 3.63) is 60.4 Å². The normalized spacial score (nSPS) is 10.9.